The molecule has 2 heterocycles. The summed E-state index contributed by atoms with van der Waals surface area (Å²) in [7, 11) is 0. The van der Waals surface area contributed by atoms with Gasteiger partial charge in [0, 0.05) is 11.9 Å². The maximum absolute atomic E-state index is 6.30. The first kappa shape index (κ1) is 13.2. The molecule has 3 aromatic rings. The predicted molar refractivity (Wildman–Crippen MR) is 83.6 cm³/mol. The van der Waals surface area contributed by atoms with Gasteiger partial charge in [0.2, 0.25) is 0 Å². The number of hydrogen-bond acceptors (Lipinski definition) is 3. The zero-order chi connectivity index (χ0) is 14.3. The standard InChI is InChI=1S/C15H17ClN4/c1-9(2)8-17-14-11-6-4-5-7-12(11)20-15(18-14)13(16)10(3)19-20/h4-7,9H,8H2,1-3H3,(H,17,18). The van der Waals surface area contributed by atoms with Gasteiger partial charge >= 0.3 is 0 Å². The van der Waals surface area contributed by atoms with Gasteiger partial charge in [-0.05, 0) is 25.0 Å². The van der Waals surface area contributed by atoms with Crippen LogP contribution in [0.15, 0.2) is 24.3 Å². The number of anilines is 1. The normalized spacial score (nSPS) is 11.7. The molecule has 0 atom stereocenters. The summed E-state index contributed by atoms with van der Waals surface area (Å²) < 4.78 is 1.81. The Morgan fingerprint density at radius 3 is 2.80 bits per heavy atom. The molecule has 0 bridgehead atoms. The minimum atomic E-state index is 0.550. The fourth-order valence-electron chi connectivity index (χ4n) is 2.22. The summed E-state index contributed by atoms with van der Waals surface area (Å²) in [4.78, 5) is 4.65. The molecule has 0 spiro atoms. The van der Waals surface area contributed by atoms with Crippen molar-refractivity contribution in [2.75, 3.05) is 11.9 Å². The first-order valence-corrected chi connectivity index (χ1v) is 7.13. The van der Waals surface area contributed by atoms with Crippen LogP contribution in [0.2, 0.25) is 5.02 Å². The quantitative estimate of drug-likeness (QED) is 0.794. The smallest absolute Gasteiger partial charge is 0.176 e. The van der Waals surface area contributed by atoms with Crippen molar-refractivity contribution in [1.82, 2.24) is 14.6 Å². The third-order valence-corrected chi connectivity index (χ3v) is 3.69. The van der Waals surface area contributed by atoms with E-state index in [0.29, 0.717) is 16.6 Å². The number of aryl methyl sites for hydroxylation is 1. The summed E-state index contributed by atoms with van der Waals surface area (Å²) in [6, 6.07) is 8.09. The monoisotopic (exact) mass is 288 g/mol. The van der Waals surface area contributed by atoms with Gasteiger partial charge in [-0.15, -0.1) is 0 Å². The molecule has 4 nitrogen and oxygen atoms in total. The van der Waals surface area contributed by atoms with Crippen LogP contribution in [0.3, 0.4) is 0 Å². The highest BCUT2D eigenvalue weighted by Crippen LogP contribution is 2.28. The van der Waals surface area contributed by atoms with Crippen LogP contribution in [-0.2, 0) is 0 Å². The molecular weight excluding hydrogens is 272 g/mol. The molecule has 5 heteroatoms. The van der Waals surface area contributed by atoms with E-state index in [4.69, 9.17) is 11.6 Å². The minimum Gasteiger partial charge on any atom is -0.369 e. The van der Waals surface area contributed by atoms with E-state index in [2.05, 4.69) is 35.3 Å². The fourth-order valence-corrected chi connectivity index (χ4v) is 2.38. The third-order valence-electron chi connectivity index (χ3n) is 3.25. The van der Waals surface area contributed by atoms with Crippen LogP contribution >= 0.6 is 11.6 Å². The van der Waals surface area contributed by atoms with E-state index in [9.17, 15) is 0 Å². The molecule has 0 saturated carbocycles. The van der Waals surface area contributed by atoms with E-state index in [-0.39, 0.29) is 0 Å². The summed E-state index contributed by atoms with van der Waals surface area (Å²) in [6.45, 7) is 7.11. The molecule has 0 amide bonds. The average Bonchev–Trinajstić information content (AvgIpc) is 2.72. The Morgan fingerprint density at radius 1 is 1.30 bits per heavy atom. The van der Waals surface area contributed by atoms with Gasteiger partial charge in [0.1, 0.15) is 10.8 Å². The molecule has 3 rings (SSSR count). The molecule has 104 valence electrons. The van der Waals surface area contributed by atoms with Crippen molar-refractivity contribution in [3.8, 4) is 0 Å². The summed E-state index contributed by atoms with van der Waals surface area (Å²) in [5.74, 6) is 1.41. The zero-order valence-corrected chi connectivity index (χ0v) is 12.6. The van der Waals surface area contributed by atoms with Crippen LogP contribution in [0.1, 0.15) is 19.5 Å². The summed E-state index contributed by atoms with van der Waals surface area (Å²) in [5, 5.41) is 9.55. The maximum atomic E-state index is 6.30. The predicted octanol–water partition coefficient (Wildman–Crippen LogP) is 3.91. The topological polar surface area (TPSA) is 42.2 Å². The fraction of sp³-hybridized carbons (Fsp3) is 0.333. The lowest BCUT2D eigenvalue weighted by Gasteiger charge is -2.11. The summed E-state index contributed by atoms with van der Waals surface area (Å²) >= 11 is 6.30. The Bertz CT molecular complexity index is 776. The molecule has 2 aromatic heterocycles. The number of benzene rings is 1. The van der Waals surface area contributed by atoms with Crippen molar-refractivity contribution in [3.05, 3.63) is 35.0 Å². The zero-order valence-electron chi connectivity index (χ0n) is 11.8. The number of aromatic nitrogens is 3. The molecule has 0 aliphatic heterocycles. The average molecular weight is 289 g/mol. The highest BCUT2D eigenvalue weighted by Gasteiger charge is 2.14. The molecule has 0 aliphatic rings. The number of rotatable bonds is 3. The Labute approximate surface area is 122 Å². The Hall–Kier alpha value is -1.81. The van der Waals surface area contributed by atoms with E-state index in [1.54, 1.807) is 0 Å². The highest BCUT2D eigenvalue weighted by molar-refractivity contribution is 6.34. The van der Waals surface area contributed by atoms with Crippen molar-refractivity contribution >= 4 is 34.0 Å². The van der Waals surface area contributed by atoms with Crippen LogP contribution in [0.4, 0.5) is 5.82 Å². The van der Waals surface area contributed by atoms with E-state index < -0.39 is 0 Å². The molecule has 0 fully saturated rings. The number of nitrogens with one attached hydrogen (secondary N) is 1. The van der Waals surface area contributed by atoms with Crippen molar-refractivity contribution in [1.29, 1.82) is 0 Å². The first-order valence-electron chi connectivity index (χ1n) is 6.75. The largest absolute Gasteiger partial charge is 0.369 e. The molecule has 20 heavy (non-hydrogen) atoms. The molecule has 0 saturated heterocycles. The van der Waals surface area contributed by atoms with E-state index in [1.165, 1.54) is 0 Å². The number of fused-ring (bicyclic) bond motifs is 3. The van der Waals surface area contributed by atoms with E-state index >= 15 is 0 Å². The van der Waals surface area contributed by atoms with Gasteiger partial charge in [-0.3, -0.25) is 0 Å². The maximum Gasteiger partial charge on any atom is 0.176 e. The van der Waals surface area contributed by atoms with Gasteiger partial charge in [-0.25, -0.2) is 9.50 Å². The lowest BCUT2D eigenvalue weighted by molar-refractivity contribution is 0.687. The third kappa shape index (κ3) is 2.10. The van der Waals surface area contributed by atoms with Gasteiger partial charge in [0.25, 0.3) is 0 Å². The second-order valence-electron chi connectivity index (χ2n) is 5.39. The van der Waals surface area contributed by atoms with Crippen LogP contribution in [0, 0.1) is 12.8 Å². The molecule has 0 radical (unpaired) electrons. The summed E-state index contributed by atoms with van der Waals surface area (Å²) in [5.41, 5.74) is 2.51. The molecular formula is C15H17ClN4. The van der Waals surface area contributed by atoms with E-state index in [1.807, 2.05) is 29.6 Å². The SMILES string of the molecule is Cc1nn2c(nc(NCC(C)C)c3ccccc32)c1Cl. The Kier molecular flexibility index (Phi) is 3.26. The van der Waals surface area contributed by atoms with Crippen LogP contribution in [0.25, 0.3) is 16.6 Å². The van der Waals surface area contributed by atoms with Gasteiger partial charge in [0.15, 0.2) is 5.65 Å². The molecule has 1 N–H and O–H groups in total. The molecule has 1 aromatic carbocycles. The second-order valence-corrected chi connectivity index (χ2v) is 5.77. The van der Waals surface area contributed by atoms with Gasteiger partial charge in [-0.1, -0.05) is 37.6 Å². The van der Waals surface area contributed by atoms with E-state index in [0.717, 1.165) is 29.0 Å². The number of halogens is 1. The Morgan fingerprint density at radius 2 is 2.05 bits per heavy atom. The van der Waals surface area contributed by atoms with Gasteiger partial charge in [-0.2, -0.15) is 5.10 Å². The Balaban J connectivity index is 2.28. The number of nitrogens with zero attached hydrogens (tertiary/aromatic N) is 3. The van der Waals surface area contributed by atoms with Crippen molar-refractivity contribution < 1.29 is 0 Å². The van der Waals surface area contributed by atoms with Gasteiger partial charge < -0.3 is 5.32 Å². The molecule has 0 aliphatic carbocycles. The van der Waals surface area contributed by atoms with Crippen molar-refractivity contribution in [3.63, 3.8) is 0 Å². The van der Waals surface area contributed by atoms with Gasteiger partial charge in [0.05, 0.1) is 11.2 Å². The minimum absolute atomic E-state index is 0.550. The molecule has 0 unspecified atom stereocenters. The van der Waals surface area contributed by atoms with Crippen LogP contribution in [0.5, 0.6) is 0 Å². The lowest BCUT2D eigenvalue weighted by Crippen LogP contribution is -2.10. The highest BCUT2D eigenvalue weighted by atomic mass is 35.5. The second kappa shape index (κ2) is 4.94. The lowest BCUT2D eigenvalue weighted by atomic mass is 10.2. The van der Waals surface area contributed by atoms with Crippen LogP contribution in [-0.4, -0.2) is 21.1 Å². The number of para-hydroxylation sites is 1. The van der Waals surface area contributed by atoms with Crippen molar-refractivity contribution in [2.24, 2.45) is 5.92 Å². The van der Waals surface area contributed by atoms with Crippen LogP contribution < -0.4 is 5.32 Å². The number of hydrogen-bond donors (Lipinski definition) is 1. The van der Waals surface area contributed by atoms with Crippen molar-refractivity contribution in [2.45, 2.75) is 20.8 Å². The first-order chi connectivity index (χ1) is 9.58. The summed E-state index contributed by atoms with van der Waals surface area (Å²) in [6.07, 6.45) is 0.